The van der Waals surface area contributed by atoms with Crippen LogP contribution in [0.3, 0.4) is 0 Å². The lowest BCUT2D eigenvalue weighted by molar-refractivity contribution is -0.129. The fourth-order valence-electron chi connectivity index (χ4n) is 3.33. The molecule has 0 unspecified atom stereocenters. The summed E-state index contributed by atoms with van der Waals surface area (Å²) >= 11 is 0. The fourth-order valence-corrected chi connectivity index (χ4v) is 3.33. The zero-order valence-electron chi connectivity index (χ0n) is 14.8. The molecule has 2 atom stereocenters. The molecule has 2 aromatic carbocycles. The van der Waals surface area contributed by atoms with E-state index in [0.717, 1.165) is 33.7 Å². The summed E-state index contributed by atoms with van der Waals surface area (Å²) in [5.74, 6) is 1.02. The second kappa shape index (κ2) is 5.86. The van der Waals surface area contributed by atoms with E-state index in [1.54, 1.807) is 18.1 Å². The van der Waals surface area contributed by atoms with Gasteiger partial charge < -0.3 is 14.7 Å². The zero-order valence-corrected chi connectivity index (χ0v) is 14.8. The Balaban J connectivity index is 2.04. The summed E-state index contributed by atoms with van der Waals surface area (Å²) in [5, 5.41) is 10.0. The first-order valence-electron chi connectivity index (χ1n) is 8.13. The molecule has 1 aliphatic heterocycles. The topological polar surface area (TPSA) is 49.8 Å². The number of phenolic OH excluding ortho intramolecular Hbond substituents is 1. The van der Waals surface area contributed by atoms with Gasteiger partial charge in [0, 0.05) is 11.8 Å². The van der Waals surface area contributed by atoms with Crippen LogP contribution in [0.1, 0.15) is 35.2 Å². The number of nitrogens with zero attached hydrogens (tertiary/aromatic N) is 1. The first-order chi connectivity index (χ1) is 11.3. The molecule has 0 aromatic heterocycles. The largest absolute Gasteiger partial charge is 0.508 e. The van der Waals surface area contributed by atoms with E-state index in [4.69, 9.17) is 4.74 Å². The summed E-state index contributed by atoms with van der Waals surface area (Å²) < 4.78 is 5.45. The lowest BCUT2D eigenvalue weighted by atomic mass is 9.82. The Labute approximate surface area is 142 Å². The molecule has 1 amide bonds. The summed E-state index contributed by atoms with van der Waals surface area (Å²) in [7, 11) is 1.64. The van der Waals surface area contributed by atoms with Gasteiger partial charge >= 0.3 is 0 Å². The highest BCUT2D eigenvalue weighted by molar-refractivity contribution is 6.03. The van der Waals surface area contributed by atoms with E-state index in [9.17, 15) is 9.90 Å². The maximum atomic E-state index is 12.5. The third-order valence-electron chi connectivity index (χ3n) is 5.06. The summed E-state index contributed by atoms with van der Waals surface area (Å²) in [6.45, 7) is 7.81. The van der Waals surface area contributed by atoms with Crippen molar-refractivity contribution in [2.75, 3.05) is 12.0 Å². The Bertz CT molecular complexity index is 813. The molecule has 1 fully saturated rings. The smallest absolute Gasteiger partial charge is 0.232 e. The highest BCUT2D eigenvalue weighted by Crippen LogP contribution is 2.45. The number of aromatic hydroxyl groups is 1. The van der Waals surface area contributed by atoms with Gasteiger partial charge in [-0.3, -0.25) is 4.79 Å². The van der Waals surface area contributed by atoms with Crippen molar-refractivity contribution in [2.45, 2.75) is 33.7 Å². The van der Waals surface area contributed by atoms with Crippen LogP contribution in [-0.4, -0.2) is 18.1 Å². The first-order valence-corrected chi connectivity index (χ1v) is 8.13. The van der Waals surface area contributed by atoms with Gasteiger partial charge in [-0.1, -0.05) is 19.1 Å². The molecule has 2 aromatic rings. The van der Waals surface area contributed by atoms with Crippen molar-refractivity contribution in [3.8, 4) is 11.5 Å². The minimum absolute atomic E-state index is 0.0733. The third-order valence-corrected chi connectivity index (χ3v) is 5.06. The molecule has 0 aliphatic carbocycles. The molecule has 4 nitrogen and oxygen atoms in total. The number of methoxy groups -OCH3 is 1. The Kier molecular flexibility index (Phi) is 3.99. The predicted molar refractivity (Wildman–Crippen MR) is 94.7 cm³/mol. The lowest BCUT2D eigenvalue weighted by Gasteiger charge is -2.46. The summed E-state index contributed by atoms with van der Waals surface area (Å²) in [6.07, 6.45) is 0. The van der Waals surface area contributed by atoms with Crippen molar-refractivity contribution < 1.29 is 14.6 Å². The van der Waals surface area contributed by atoms with Gasteiger partial charge in [-0.05, 0) is 55.2 Å². The van der Waals surface area contributed by atoms with Gasteiger partial charge in [0.05, 0.1) is 19.1 Å². The maximum absolute atomic E-state index is 12.5. The van der Waals surface area contributed by atoms with Crippen LogP contribution in [0.5, 0.6) is 11.5 Å². The number of amides is 1. The summed E-state index contributed by atoms with van der Waals surface area (Å²) in [4.78, 5) is 14.3. The molecule has 126 valence electrons. The first kappa shape index (κ1) is 16.4. The van der Waals surface area contributed by atoms with Gasteiger partial charge in [0.2, 0.25) is 5.91 Å². The van der Waals surface area contributed by atoms with Crippen molar-refractivity contribution in [3.05, 3.63) is 52.6 Å². The van der Waals surface area contributed by atoms with E-state index >= 15 is 0 Å². The molecule has 0 radical (unpaired) electrons. The van der Waals surface area contributed by atoms with Crippen molar-refractivity contribution in [3.63, 3.8) is 0 Å². The number of hydrogen-bond donors (Lipinski definition) is 1. The third kappa shape index (κ3) is 2.42. The quantitative estimate of drug-likeness (QED) is 0.866. The Morgan fingerprint density at radius 3 is 2.42 bits per heavy atom. The summed E-state index contributed by atoms with van der Waals surface area (Å²) in [6, 6.07) is 9.48. The number of benzene rings is 2. The van der Waals surface area contributed by atoms with Gasteiger partial charge in [0.15, 0.2) is 0 Å². The Hall–Kier alpha value is -2.49. The number of carbonyl (C=O) groups excluding carboxylic acids is 1. The molecule has 0 saturated carbocycles. The second-order valence-corrected chi connectivity index (χ2v) is 6.58. The zero-order chi connectivity index (χ0) is 17.6. The molecular weight excluding hydrogens is 302 g/mol. The number of carbonyl (C=O) groups is 1. The average Bonchev–Trinajstić information content (AvgIpc) is 2.57. The van der Waals surface area contributed by atoms with Crippen LogP contribution in [0.25, 0.3) is 0 Å². The Morgan fingerprint density at radius 1 is 1.08 bits per heavy atom. The highest BCUT2D eigenvalue weighted by Gasteiger charge is 2.46. The average molecular weight is 325 g/mol. The van der Waals surface area contributed by atoms with E-state index in [1.165, 1.54) is 0 Å². The van der Waals surface area contributed by atoms with Crippen LogP contribution >= 0.6 is 0 Å². The van der Waals surface area contributed by atoms with Crippen LogP contribution in [0.2, 0.25) is 0 Å². The molecule has 3 rings (SSSR count). The molecule has 4 heteroatoms. The summed E-state index contributed by atoms with van der Waals surface area (Å²) in [5.41, 5.74) is 4.77. The normalized spacial score (nSPS) is 20.0. The van der Waals surface area contributed by atoms with Crippen molar-refractivity contribution in [2.24, 2.45) is 5.92 Å². The van der Waals surface area contributed by atoms with Gasteiger partial charge in [0.1, 0.15) is 11.5 Å². The minimum atomic E-state index is -0.111. The number of anilines is 1. The molecule has 1 aliphatic rings. The fraction of sp³-hybridized carbons (Fsp3) is 0.350. The number of phenols is 1. The van der Waals surface area contributed by atoms with Crippen LogP contribution in [0.15, 0.2) is 30.3 Å². The Morgan fingerprint density at radius 2 is 1.79 bits per heavy atom. The molecular formula is C20H23NO3. The number of β-lactam (4-membered cyclic amide) rings is 1. The maximum Gasteiger partial charge on any atom is 0.232 e. The van der Waals surface area contributed by atoms with Crippen molar-refractivity contribution in [1.82, 2.24) is 0 Å². The second-order valence-electron chi connectivity index (χ2n) is 6.58. The molecule has 1 saturated heterocycles. The number of ether oxygens (including phenoxy) is 1. The van der Waals surface area contributed by atoms with Gasteiger partial charge in [0.25, 0.3) is 0 Å². The predicted octanol–water partition coefficient (Wildman–Crippen LogP) is 4.05. The van der Waals surface area contributed by atoms with E-state index in [-0.39, 0.29) is 23.6 Å². The van der Waals surface area contributed by atoms with Crippen LogP contribution < -0.4 is 9.64 Å². The number of hydrogen-bond acceptors (Lipinski definition) is 3. The highest BCUT2D eigenvalue weighted by atomic mass is 16.5. The van der Waals surface area contributed by atoms with Gasteiger partial charge in [-0.15, -0.1) is 0 Å². The minimum Gasteiger partial charge on any atom is -0.508 e. The molecule has 1 heterocycles. The SMILES string of the molecule is COc1cc(N2C(=O)[C@@H](C)[C@H]2c2ccc(C)c(O)c2)cc(C)c1C. The monoisotopic (exact) mass is 325 g/mol. The molecule has 0 bridgehead atoms. The molecule has 24 heavy (non-hydrogen) atoms. The van der Waals surface area contributed by atoms with Crippen LogP contribution in [0.4, 0.5) is 5.69 Å². The van der Waals surface area contributed by atoms with Crippen molar-refractivity contribution >= 4 is 11.6 Å². The van der Waals surface area contributed by atoms with Gasteiger partial charge in [-0.2, -0.15) is 0 Å². The van der Waals surface area contributed by atoms with Crippen LogP contribution in [0, 0.1) is 26.7 Å². The van der Waals surface area contributed by atoms with E-state index < -0.39 is 0 Å². The van der Waals surface area contributed by atoms with Crippen molar-refractivity contribution in [1.29, 1.82) is 0 Å². The van der Waals surface area contributed by atoms with E-state index in [1.807, 2.05) is 52.0 Å². The standard InChI is InChI=1S/C20H23NO3/c1-11-6-7-15(9-17(11)22)19-14(4)20(23)21(19)16-8-12(2)13(3)18(10-16)24-5/h6-10,14,19,22H,1-5H3/t14-,19-/m0/s1. The number of rotatable bonds is 3. The van der Waals surface area contributed by atoms with Gasteiger partial charge in [-0.25, -0.2) is 0 Å². The molecule has 0 spiro atoms. The van der Waals surface area contributed by atoms with E-state index in [0.29, 0.717) is 0 Å². The van der Waals surface area contributed by atoms with Crippen LogP contribution in [-0.2, 0) is 4.79 Å². The molecule has 1 N–H and O–H groups in total. The van der Waals surface area contributed by atoms with E-state index in [2.05, 4.69) is 0 Å². The lowest BCUT2D eigenvalue weighted by Crippen LogP contribution is -2.54. The number of aryl methyl sites for hydroxylation is 2.